The summed E-state index contributed by atoms with van der Waals surface area (Å²) >= 11 is 0. The molecule has 1 saturated heterocycles. The van der Waals surface area contributed by atoms with Gasteiger partial charge in [0.2, 0.25) is 5.91 Å². The fourth-order valence-corrected chi connectivity index (χ4v) is 2.34. The zero-order chi connectivity index (χ0) is 14.5. The van der Waals surface area contributed by atoms with Crippen molar-refractivity contribution in [3.63, 3.8) is 0 Å². The van der Waals surface area contributed by atoms with Crippen LogP contribution in [-0.4, -0.2) is 36.3 Å². The van der Waals surface area contributed by atoms with Gasteiger partial charge >= 0.3 is 0 Å². The highest BCUT2D eigenvalue weighted by Crippen LogP contribution is 2.11. The van der Waals surface area contributed by atoms with E-state index in [2.05, 4.69) is 5.32 Å². The molecule has 0 bridgehead atoms. The third kappa shape index (κ3) is 3.56. The van der Waals surface area contributed by atoms with Crippen LogP contribution in [0.4, 0.5) is 4.39 Å². The first kappa shape index (κ1) is 14.5. The van der Waals surface area contributed by atoms with E-state index in [0.29, 0.717) is 12.0 Å². The van der Waals surface area contributed by atoms with E-state index in [0.717, 1.165) is 31.5 Å². The second kappa shape index (κ2) is 6.50. The van der Waals surface area contributed by atoms with E-state index >= 15 is 0 Å². The summed E-state index contributed by atoms with van der Waals surface area (Å²) in [7, 11) is 0. The van der Waals surface area contributed by atoms with E-state index in [4.69, 9.17) is 0 Å². The summed E-state index contributed by atoms with van der Waals surface area (Å²) in [6.45, 7) is 3.67. The quantitative estimate of drug-likeness (QED) is 0.914. The van der Waals surface area contributed by atoms with Gasteiger partial charge in [-0.15, -0.1) is 0 Å². The topological polar surface area (TPSA) is 49.4 Å². The summed E-state index contributed by atoms with van der Waals surface area (Å²) in [4.78, 5) is 25.5. The first-order chi connectivity index (χ1) is 9.58. The van der Waals surface area contributed by atoms with Gasteiger partial charge in [0.1, 0.15) is 5.82 Å². The summed E-state index contributed by atoms with van der Waals surface area (Å²) in [6.07, 6.45) is 2.40. The van der Waals surface area contributed by atoms with Crippen molar-refractivity contribution in [2.75, 3.05) is 19.6 Å². The Labute approximate surface area is 118 Å². The number of nitrogens with zero attached hydrogens (tertiary/aromatic N) is 1. The Morgan fingerprint density at radius 1 is 1.30 bits per heavy atom. The van der Waals surface area contributed by atoms with Crippen molar-refractivity contribution in [3.05, 3.63) is 35.1 Å². The lowest BCUT2D eigenvalue weighted by atomic mass is 10.1. The number of likely N-dealkylation sites (tertiary alicyclic amines) is 1. The molecule has 1 fully saturated rings. The third-order valence-corrected chi connectivity index (χ3v) is 3.53. The first-order valence-electron chi connectivity index (χ1n) is 6.90. The molecule has 0 unspecified atom stereocenters. The van der Waals surface area contributed by atoms with Crippen LogP contribution in [0.3, 0.4) is 0 Å². The predicted octanol–water partition coefficient (Wildman–Crippen LogP) is 1.88. The summed E-state index contributed by atoms with van der Waals surface area (Å²) in [5, 5.41) is 2.67. The SMILES string of the molecule is Cc1ccc(F)cc1C(=O)NCCC(=O)N1CCCC1. The maximum absolute atomic E-state index is 13.1. The maximum atomic E-state index is 13.1. The minimum Gasteiger partial charge on any atom is -0.352 e. The van der Waals surface area contributed by atoms with Gasteiger partial charge in [-0.25, -0.2) is 4.39 Å². The largest absolute Gasteiger partial charge is 0.352 e. The summed E-state index contributed by atoms with van der Waals surface area (Å²) in [6, 6.07) is 4.11. The van der Waals surface area contributed by atoms with Gasteiger partial charge in [-0.3, -0.25) is 9.59 Å². The Morgan fingerprint density at radius 2 is 2.00 bits per heavy atom. The highest BCUT2D eigenvalue weighted by molar-refractivity contribution is 5.95. The minimum atomic E-state index is -0.436. The number of aryl methyl sites for hydroxylation is 1. The van der Waals surface area contributed by atoms with Gasteiger partial charge in [0.15, 0.2) is 0 Å². The van der Waals surface area contributed by atoms with Crippen LogP contribution in [0.15, 0.2) is 18.2 Å². The van der Waals surface area contributed by atoms with Gasteiger partial charge in [0.25, 0.3) is 5.91 Å². The second-order valence-electron chi connectivity index (χ2n) is 5.05. The predicted molar refractivity (Wildman–Crippen MR) is 73.9 cm³/mol. The van der Waals surface area contributed by atoms with Crippen molar-refractivity contribution in [2.24, 2.45) is 0 Å². The number of hydrogen-bond donors (Lipinski definition) is 1. The molecular weight excluding hydrogens is 259 g/mol. The van der Waals surface area contributed by atoms with Crippen molar-refractivity contribution in [1.82, 2.24) is 10.2 Å². The Morgan fingerprint density at radius 3 is 2.70 bits per heavy atom. The Hall–Kier alpha value is -1.91. The number of amides is 2. The molecule has 0 atom stereocenters. The maximum Gasteiger partial charge on any atom is 0.251 e. The molecule has 0 saturated carbocycles. The van der Waals surface area contributed by atoms with Crippen LogP contribution in [0.2, 0.25) is 0 Å². The Kier molecular flexibility index (Phi) is 4.71. The molecule has 108 valence electrons. The summed E-state index contributed by atoms with van der Waals surface area (Å²) in [5.41, 5.74) is 1.04. The van der Waals surface area contributed by atoms with E-state index in [9.17, 15) is 14.0 Å². The number of benzene rings is 1. The molecule has 2 rings (SSSR count). The van der Waals surface area contributed by atoms with Crippen LogP contribution in [0, 0.1) is 12.7 Å². The highest BCUT2D eigenvalue weighted by atomic mass is 19.1. The molecule has 1 aliphatic heterocycles. The molecule has 0 aliphatic carbocycles. The fourth-order valence-electron chi connectivity index (χ4n) is 2.34. The number of hydrogen-bond acceptors (Lipinski definition) is 2. The highest BCUT2D eigenvalue weighted by Gasteiger charge is 2.17. The molecule has 1 heterocycles. The normalized spacial score (nSPS) is 14.4. The van der Waals surface area contributed by atoms with Gasteiger partial charge in [-0.05, 0) is 37.5 Å². The monoisotopic (exact) mass is 278 g/mol. The van der Waals surface area contributed by atoms with E-state index < -0.39 is 5.82 Å². The molecule has 2 amide bonds. The Balaban J connectivity index is 1.83. The average Bonchev–Trinajstić information content (AvgIpc) is 2.95. The van der Waals surface area contributed by atoms with Crippen LogP contribution in [0.5, 0.6) is 0 Å². The Bertz CT molecular complexity index is 511. The van der Waals surface area contributed by atoms with E-state index in [-0.39, 0.29) is 18.4 Å². The number of halogens is 1. The van der Waals surface area contributed by atoms with Crippen molar-refractivity contribution in [3.8, 4) is 0 Å². The molecule has 1 N–H and O–H groups in total. The number of carbonyl (C=O) groups is 2. The number of carbonyl (C=O) groups excluding carboxylic acids is 2. The van der Waals surface area contributed by atoms with Crippen molar-refractivity contribution < 1.29 is 14.0 Å². The van der Waals surface area contributed by atoms with Gasteiger partial charge in [0.05, 0.1) is 0 Å². The molecule has 0 aromatic heterocycles. The molecule has 0 spiro atoms. The van der Waals surface area contributed by atoms with Crippen LogP contribution in [0.1, 0.15) is 35.2 Å². The van der Waals surface area contributed by atoms with Gasteiger partial charge in [-0.1, -0.05) is 6.07 Å². The molecule has 20 heavy (non-hydrogen) atoms. The summed E-state index contributed by atoms with van der Waals surface area (Å²) in [5.74, 6) is -0.705. The smallest absolute Gasteiger partial charge is 0.251 e. The van der Waals surface area contributed by atoms with E-state index in [1.54, 1.807) is 13.0 Å². The fraction of sp³-hybridized carbons (Fsp3) is 0.467. The molecule has 4 nitrogen and oxygen atoms in total. The van der Waals surface area contributed by atoms with Crippen LogP contribution in [-0.2, 0) is 4.79 Å². The summed E-state index contributed by atoms with van der Waals surface area (Å²) < 4.78 is 13.1. The lowest BCUT2D eigenvalue weighted by molar-refractivity contribution is -0.129. The minimum absolute atomic E-state index is 0.0683. The van der Waals surface area contributed by atoms with Gasteiger partial charge in [-0.2, -0.15) is 0 Å². The van der Waals surface area contributed by atoms with Gasteiger partial charge < -0.3 is 10.2 Å². The average molecular weight is 278 g/mol. The van der Waals surface area contributed by atoms with Crippen LogP contribution < -0.4 is 5.32 Å². The second-order valence-corrected chi connectivity index (χ2v) is 5.05. The number of nitrogens with one attached hydrogen (secondary N) is 1. The van der Waals surface area contributed by atoms with Crippen molar-refractivity contribution in [2.45, 2.75) is 26.2 Å². The molecular formula is C15H19FN2O2. The van der Waals surface area contributed by atoms with Crippen molar-refractivity contribution >= 4 is 11.8 Å². The van der Waals surface area contributed by atoms with Crippen LogP contribution in [0.25, 0.3) is 0 Å². The lowest BCUT2D eigenvalue weighted by Crippen LogP contribution is -2.32. The van der Waals surface area contributed by atoms with E-state index in [1.807, 2.05) is 4.90 Å². The lowest BCUT2D eigenvalue weighted by Gasteiger charge is -2.15. The van der Waals surface area contributed by atoms with Gasteiger partial charge in [0, 0.05) is 31.6 Å². The molecule has 1 aliphatic rings. The standard InChI is InChI=1S/C15H19FN2O2/c1-11-4-5-12(16)10-13(11)15(20)17-7-6-14(19)18-8-2-3-9-18/h4-5,10H,2-3,6-9H2,1H3,(H,17,20). The zero-order valence-corrected chi connectivity index (χ0v) is 11.6. The molecule has 5 heteroatoms. The van der Waals surface area contributed by atoms with E-state index in [1.165, 1.54) is 12.1 Å². The third-order valence-electron chi connectivity index (χ3n) is 3.53. The molecule has 0 radical (unpaired) electrons. The number of rotatable bonds is 4. The van der Waals surface area contributed by atoms with Crippen LogP contribution >= 0.6 is 0 Å². The molecule has 1 aromatic rings. The first-order valence-corrected chi connectivity index (χ1v) is 6.90. The zero-order valence-electron chi connectivity index (χ0n) is 11.6. The van der Waals surface area contributed by atoms with Crippen molar-refractivity contribution in [1.29, 1.82) is 0 Å². The molecule has 1 aromatic carbocycles.